The van der Waals surface area contributed by atoms with Crippen molar-refractivity contribution in [1.29, 1.82) is 5.41 Å². The molecule has 3 nitrogen and oxygen atoms in total. The second-order valence-corrected chi connectivity index (χ2v) is 8.83. The molecule has 0 aliphatic carbocycles. The van der Waals surface area contributed by atoms with Crippen LogP contribution < -0.4 is 21.3 Å². The number of nitrogens with two attached hydrogens (primary N) is 1. The molecule has 0 atom stereocenters. The monoisotopic (exact) mass is 343 g/mol. The molecular weight excluding hydrogens is 322 g/mol. The third-order valence-electron chi connectivity index (χ3n) is 4.19. The van der Waals surface area contributed by atoms with Crippen LogP contribution in [0.2, 0.25) is 0 Å². The highest BCUT2D eigenvalue weighted by molar-refractivity contribution is 6.95. The second-order valence-electron chi connectivity index (χ2n) is 5.96. The van der Waals surface area contributed by atoms with Crippen molar-refractivity contribution in [3.8, 4) is 0 Å². The summed E-state index contributed by atoms with van der Waals surface area (Å²) in [5, 5.41) is 11.5. The maximum Gasteiger partial charge on any atom is 0.212 e. The van der Waals surface area contributed by atoms with Gasteiger partial charge >= 0.3 is 0 Å². The SMILES string of the molecule is C/C(=N\C(=N)N)c1cccc([SiH](c2ccccc2)c2ccccc2)c1. The molecule has 0 aliphatic heterocycles. The van der Waals surface area contributed by atoms with Crippen LogP contribution in [0.1, 0.15) is 12.5 Å². The zero-order valence-electron chi connectivity index (χ0n) is 14.2. The Bertz CT molecular complexity index is 850. The van der Waals surface area contributed by atoms with Gasteiger partial charge in [0.15, 0.2) is 0 Å². The molecule has 3 rings (SSSR count). The number of rotatable bonds is 4. The van der Waals surface area contributed by atoms with E-state index >= 15 is 0 Å². The van der Waals surface area contributed by atoms with Crippen molar-refractivity contribution in [2.45, 2.75) is 6.92 Å². The van der Waals surface area contributed by atoms with Gasteiger partial charge in [0.05, 0.1) is 0 Å². The van der Waals surface area contributed by atoms with Gasteiger partial charge < -0.3 is 5.73 Å². The summed E-state index contributed by atoms with van der Waals surface area (Å²) in [5.74, 6) is -0.164. The highest BCUT2D eigenvalue weighted by atomic mass is 28.3. The van der Waals surface area contributed by atoms with Crippen LogP contribution in [0.3, 0.4) is 0 Å². The highest BCUT2D eigenvalue weighted by Gasteiger charge is 2.19. The van der Waals surface area contributed by atoms with Gasteiger partial charge in [0, 0.05) is 5.71 Å². The number of nitrogens with zero attached hydrogens (tertiary/aromatic N) is 1. The molecule has 25 heavy (non-hydrogen) atoms. The van der Waals surface area contributed by atoms with Crippen LogP contribution in [0.15, 0.2) is 89.9 Å². The van der Waals surface area contributed by atoms with Gasteiger partial charge in [0.25, 0.3) is 0 Å². The molecule has 0 bridgehead atoms. The van der Waals surface area contributed by atoms with E-state index in [1.54, 1.807) is 0 Å². The van der Waals surface area contributed by atoms with Crippen LogP contribution in [-0.2, 0) is 0 Å². The second kappa shape index (κ2) is 7.72. The number of hydrogen-bond donors (Lipinski definition) is 2. The predicted octanol–water partition coefficient (Wildman–Crippen LogP) is 1.64. The third kappa shape index (κ3) is 4.11. The fourth-order valence-corrected chi connectivity index (χ4v) is 6.08. The number of hydrogen-bond acceptors (Lipinski definition) is 1. The van der Waals surface area contributed by atoms with Crippen LogP contribution in [0.5, 0.6) is 0 Å². The lowest BCUT2D eigenvalue weighted by Gasteiger charge is -2.18. The van der Waals surface area contributed by atoms with E-state index in [-0.39, 0.29) is 5.96 Å². The van der Waals surface area contributed by atoms with Crippen LogP contribution in [0.25, 0.3) is 0 Å². The van der Waals surface area contributed by atoms with Gasteiger partial charge in [-0.15, -0.1) is 0 Å². The number of nitrogens with one attached hydrogen (secondary N) is 1. The van der Waals surface area contributed by atoms with Gasteiger partial charge in [-0.1, -0.05) is 100 Å². The zero-order chi connectivity index (χ0) is 17.6. The van der Waals surface area contributed by atoms with Gasteiger partial charge in [-0.3, -0.25) is 5.41 Å². The number of guanidine groups is 1. The first-order valence-electron chi connectivity index (χ1n) is 8.24. The van der Waals surface area contributed by atoms with Crippen LogP contribution in [0, 0.1) is 5.41 Å². The van der Waals surface area contributed by atoms with Gasteiger partial charge in [-0.2, -0.15) is 0 Å². The smallest absolute Gasteiger partial charge is 0.212 e. The van der Waals surface area contributed by atoms with Crippen molar-refractivity contribution in [2.75, 3.05) is 0 Å². The first-order chi connectivity index (χ1) is 12.1. The van der Waals surface area contributed by atoms with E-state index in [1.165, 1.54) is 15.6 Å². The summed E-state index contributed by atoms with van der Waals surface area (Å²) >= 11 is 0. The van der Waals surface area contributed by atoms with E-state index < -0.39 is 8.80 Å². The molecule has 0 saturated heterocycles. The maximum atomic E-state index is 7.38. The van der Waals surface area contributed by atoms with Gasteiger partial charge in [0.2, 0.25) is 5.96 Å². The Kier molecular flexibility index (Phi) is 5.21. The standard InChI is InChI=1S/C21H21N3Si/c1-16(24-21(22)23)17-9-8-14-20(15-17)25(18-10-4-2-5-11-18)19-12-6-3-7-13-19/h2-15,25H,1H3,(H3,22,23)/b24-16+. The zero-order valence-corrected chi connectivity index (χ0v) is 15.3. The molecule has 4 heteroatoms. The van der Waals surface area contributed by atoms with Crippen molar-refractivity contribution >= 4 is 36.0 Å². The molecule has 3 aromatic carbocycles. The molecule has 3 N–H and O–H groups in total. The molecule has 0 radical (unpaired) electrons. The molecule has 0 spiro atoms. The Morgan fingerprint density at radius 2 is 1.32 bits per heavy atom. The molecule has 0 amide bonds. The first kappa shape index (κ1) is 16.9. The number of aliphatic imine (C=N–C) groups is 1. The van der Waals surface area contributed by atoms with Gasteiger partial charge in [0.1, 0.15) is 8.80 Å². The maximum absolute atomic E-state index is 7.38. The Morgan fingerprint density at radius 3 is 1.84 bits per heavy atom. The van der Waals surface area contributed by atoms with Crippen molar-refractivity contribution in [3.05, 3.63) is 90.5 Å². The first-order valence-corrected chi connectivity index (χ1v) is 9.98. The van der Waals surface area contributed by atoms with Crippen LogP contribution >= 0.6 is 0 Å². The average Bonchev–Trinajstić information content (AvgIpc) is 2.63. The van der Waals surface area contributed by atoms with Gasteiger partial charge in [-0.25, -0.2) is 4.99 Å². The lowest BCUT2D eigenvalue weighted by atomic mass is 10.1. The quantitative estimate of drug-likeness (QED) is 0.322. The summed E-state index contributed by atoms with van der Waals surface area (Å²) in [6, 6.07) is 29.9. The lowest BCUT2D eigenvalue weighted by molar-refractivity contribution is 1.37. The average molecular weight is 344 g/mol. The Hall–Kier alpha value is -2.98. The van der Waals surface area contributed by atoms with E-state index in [0.29, 0.717) is 0 Å². The minimum atomic E-state index is -1.55. The molecule has 124 valence electrons. The highest BCUT2D eigenvalue weighted by Crippen LogP contribution is 2.02. The fraction of sp³-hybridized carbons (Fsp3) is 0.0476. The summed E-state index contributed by atoms with van der Waals surface area (Å²) in [6.45, 7) is 1.89. The van der Waals surface area contributed by atoms with E-state index in [0.717, 1.165) is 11.3 Å². The summed E-state index contributed by atoms with van der Waals surface area (Å²) in [5.41, 5.74) is 7.19. The molecule has 0 aromatic heterocycles. The van der Waals surface area contributed by atoms with Crippen molar-refractivity contribution in [1.82, 2.24) is 0 Å². The minimum Gasteiger partial charge on any atom is -0.368 e. The molecule has 3 aromatic rings. The van der Waals surface area contributed by atoms with Crippen molar-refractivity contribution < 1.29 is 0 Å². The number of benzene rings is 3. The topological polar surface area (TPSA) is 62.2 Å². The van der Waals surface area contributed by atoms with E-state index in [4.69, 9.17) is 11.1 Å². The fourth-order valence-electron chi connectivity index (χ4n) is 3.06. The summed E-state index contributed by atoms with van der Waals surface area (Å²) in [6.07, 6.45) is 0. The molecule has 0 fully saturated rings. The summed E-state index contributed by atoms with van der Waals surface area (Å²) in [7, 11) is -1.55. The van der Waals surface area contributed by atoms with Gasteiger partial charge in [-0.05, 0) is 12.5 Å². The predicted molar refractivity (Wildman–Crippen MR) is 110 cm³/mol. The Morgan fingerprint density at radius 1 is 0.800 bits per heavy atom. The van der Waals surface area contributed by atoms with Crippen molar-refractivity contribution in [3.63, 3.8) is 0 Å². The third-order valence-corrected chi connectivity index (χ3v) is 7.32. The summed E-state index contributed by atoms with van der Waals surface area (Å²) < 4.78 is 0. The molecule has 0 unspecified atom stereocenters. The van der Waals surface area contributed by atoms with E-state index in [1.807, 2.05) is 13.0 Å². The molecule has 0 saturated carbocycles. The normalized spacial score (nSPS) is 11.5. The Balaban J connectivity index is 2.10. The largest absolute Gasteiger partial charge is 0.368 e. The Labute approximate surface area is 150 Å². The molecular formula is C21H21N3Si. The van der Waals surface area contributed by atoms with Crippen LogP contribution in [0.4, 0.5) is 0 Å². The van der Waals surface area contributed by atoms with Crippen molar-refractivity contribution in [2.24, 2.45) is 10.7 Å². The minimum absolute atomic E-state index is 0.164. The van der Waals surface area contributed by atoms with E-state index in [2.05, 4.69) is 83.9 Å². The molecule has 0 aliphatic rings. The molecule has 0 heterocycles. The van der Waals surface area contributed by atoms with E-state index in [9.17, 15) is 0 Å². The van der Waals surface area contributed by atoms with Crippen LogP contribution in [-0.4, -0.2) is 20.5 Å². The lowest BCUT2D eigenvalue weighted by Crippen LogP contribution is -2.52. The summed E-state index contributed by atoms with van der Waals surface area (Å²) in [4.78, 5) is 4.09.